The number of thioether (sulfide) groups is 1. The Morgan fingerprint density at radius 2 is 1.94 bits per heavy atom. The standard InChI is InChI=1S/C9H14O6S/c1-12-8(10)7(9(11)13-2)15-6-5-16-4-3-14-6/h6-7H,3-5H2,1-2H3. The quantitative estimate of drug-likeness (QED) is 0.505. The van der Waals surface area contributed by atoms with Crippen molar-refractivity contribution >= 4 is 23.7 Å². The lowest BCUT2D eigenvalue weighted by atomic mass is 10.3. The van der Waals surface area contributed by atoms with E-state index >= 15 is 0 Å². The van der Waals surface area contributed by atoms with Gasteiger partial charge in [-0.15, -0.1) is 0 Å². The van der Waals surface area contributed by atoms with Gasteiger partial charge in [-0.25, -0.2) is 9.59 Å². The highest BCUT2D eigenvalue weighted by Crippen LogP contribution is 2.16. The zero-order chi connectivity index (χ0) is 12.0. The molecule has 1 rings (SSSR count). The lowest BCUT2D eigenvalue weighted by Gasteiger charge is -2.24. The van der Waals surface area contributed by atoms with Gasteiger partial charge in [0, 0.05) is 11.5 Å². The molecule has 1 atom stereocenters. The average molecular weight is 250 g/mol. The molecule has 16 heavy (non-hydrogen) atoms. The van der Waals surface area contributed by atoms with Gasteiger partial charge in [-0.1, -0.05) is 0 Å². The van der Waals surface area contributed by atoms with Crippen LogP contribution in [0.1, 0.15) is 0 Å². The van der Waals surface area contributed by atoms with Crippen LogP contribution in [-0.4, -0.2) is 56.7 Å². The molecule has 1 fully saturated rings. The number of ether oxygens (including phenoxy) is 4. The van der Waals surface area contributed by atoms with Crippen LogP contribution in [0.3, 0.4) is 0 Å². The zero-order valence-electron chi connectivity index (χ0n) is 9.13. The Labute approximate surface area is 97.6 Å². The minimum Gasteiger partial charge on any atom is -0.467 e. The third-order valence-electron chi connectivity index (χ3n) is 1.90. The largest absolute Gasteiger partial charge is 0.467 e. The Hall–Kier alpha value is -0.790. The van der Waals surface area contributed by atoms with Crippen molar-refractivity contribution in [2.75, 3.05) is 32.3 Å². The number of esters is 2. The molecule has 92 valence electrons. The van der Waals surface area contributed by atoms with Gasteiger partial charge in [0.15, 0.2) is 6.29 Å². The summed E-state index contributed by atoms with van der Waals surface area (Å²) < 4.78 is 19.3. The third-order valence-corrected chi connectivity index (χ3v) is 2.87. The highest BCUT2D eigenvalue weighted by molar-refractivity contribution is 7.99. The SMILES string of the molecule is COC(=O)C(OC1CSCCO1)C(=O)OC. The minimum absolute atomic E-state index is 0.532. The maximum Gasteiger partial charge on any atom is 0.346 e. The van der Waals surface area contributed by atoms with E-state index in [0.717, 1.165) is 5.75 Å². The summed E-state index contributed by atoms with van der Waals surface area (Å²) >= 11 is 1.63. The van der Waals surface area contributed by atoms with E-state index in [-0.39, 0.29) is 0 Å². The lowest BCUT2D eigenvalue weighted by Crippen LogP contribution is -2.41. The molecule has 0 radical (unpaired) electrons. The molecular formula is C9H14O6S. The first-order chi connectivity index (χ1) is 7.69. The molecule has 0 aromatic rings. The van der Waals surface area contributed by atoms with Crippen LogP contribution in [-0.2, 0) is 28.5 Å². The van der Waals surface area contributed by atoms with Gasteiger partial charge in [-0.3, -0.25) is 0 Å². The van der Waals surface area contributed by atoms with Crippen molar-refractivity contribution in [1.29, 1.82) is 0 Å². The topological polar surface area (TPSA) is 71.1 Å². The van der Waals surface area contributed by atoms with E-state index in [9.17, 15) is 9.59 Å². The van der Waals surface area contributed by atoms with Gasteiger partial charge in [0.25, 0.3) is 6.10 Å². The van der Waals surface area contributed by atoms with Crippen molar-refractivity contribution in [3.05, 3.63) is 0 Å². The summed E-state index contributed by atoms with van der Waals surface area (Å²) in [5.41, 5.74) is 0. The Morgan fingerprint density at radius 3 is 2.38 bits per heavy atom. The number of hydrogen-bond acceptors (Lipinski definition) is 7. The van der Waals surface area contributed by atoms with E-state index in [1.807, 2.05) is 0 Å². The third kappa shape index (κ3) is 3.66. The molecule has 7 heteroatoms. The summed E-state index contributed by atoms with van der Waals surface area (Å²) in [4.78, 5) is 22.6. The monoisotopic (exact) mass is 250 g/mol. The lowest BCUT2D eigenvalue weighted by molar-refractivity contribution is -0.197. The number of carbonyl (C=O) groups is 2. The van der Waals surface area contributed by atoms with Crippen molar-refractivity contribution < 1.29 is 28.5 Å². The molecule has 6 nitrogen and oxygen atoms in total. The van der Waals surface area contributed by atoms with Gasteiger partial charge in [-0.05, 0) is 0 Å². The van der Waals surface area contributed by atoms with Crippen LogP contribution in [0.15, 0.2) is 0 Å². The van der Waals surface area contributed by atoms with Gasteiger partial charge in [0.05, 0.1) is 20.8 Å². The molecule has 1 unspecified atom stereocenters. The molecule has 1 saturated heterocycles. The van der Waals surface area contributed by atoms with Crippen LogP contribution in [0.2, 0.25) is 0 Å². The van der Waals surface area contributed by atoms with Gasteiger partial charge < -0.3 is 18.9 Å². The van der Waals surface area contributed by atoms with Crippen molar-refractivity contribution in [2.24, 2.45) is 0 Å². The molecule has 0 amide bonds. The Bertz CT molecular complexity index is 234. The first-order valence-corrected chi connectivity index (χ1v) is 5.85. The van der Waals surface area contributed by atoms with E-state index in [2.05, 4.69) is 9.47 Å². The second-order valence-electron chi connectivity index (χ2n) is 2.94. The van der Waals surface area contributed by atoms with E-state index in [4.69, 9.17) is 9.47 Å². The Balaban J connectivity index is 2.54. The smallest absolute Gasteiger partial charge is 0.346 e. The summed E-state index contributed by atoms with van der Waals surface area (Å²) in [6, 6.07) is 0. The minimum atomic E-state index is -1.38. The maximum atomic E-state index is 11.3. The average Bonchev–Trinajstić information content (AvgIpc) is 2.35. The molecule has 0 aliphatic carbocycles. The predicted octanol–water partition coefficient (Wildman–Crippen LogP) is -0.193. The second-order valence-corrected chi connectivity index (χ2v) is 4.09. The fourth-order valence-corrected chi connectivity index (χ4v) is 1.87. The van der Waals surface area contributed by atoms with Gasteiger partial charge in [-0.2, -0.15) is 11.8 Å². The summed E-state index contributed by atoms with van der Waals surface area (Å²) in [6.07, 6.45) is -1.96. The predicted molar refractivity (Wildman–Crippen MR) is 56.0 cm³/mol. The fourth-order valence-electron chi connectivity index (χ4n) is 1.12. The molecule has 0 aromatic carbocycles. The number of methoxy groups -OCH3 is 2. The fraction of sp³-hybridized carbons (Fsp3) is 0.778. The van der Waals surface area contributed by atoms with Crippen molar-refractivity contribution in [2.45, 2.75) is 12.4 Å². The van der Waals surface area contributed by atoms with Crippen molar-refractivity contribution in [3.63, 3.8) is 0 Å². The number of carbonyl (C=O) groups excluding carboxylic acids is 2. The van der Waals surface area contributed by atoms with Crippen molar-refractivity contribution in [3.8, 4) is 0 Å². The number of rotatable bonds is 4. The molecule has 0 saturated carbocycles. The summed E-state index contributed by atoms with van der Waals surface area (Å²) in [5.74, 6) is -0.122. The van der Waals surface area contributed by atoms with E-state index in [1.54, 1.807) is 11.8 Å². The van der Waals surface area contributed by atoms with Gasteiger partial charge >= 0.3 is 11.9 Å². The highest BCUT2D eigenvalue weighted by atomic mass is 32.2. The van der Waals surface area contributed by atoms with Crippen LogP contribution < -0.4 is 0 Å². The van der Waals surface area contributed by atoms with Gasteiger partial charge in [0.1, 0.15) is 0 Å². The maximum absolute atomic E-state index is 11.3. The van der Waals surface area contributed by atoms with Crippen LogP contribution in [0.25, 0.3) is 0 Å². The first-order valence-electron chi connectivity index (χ1n) is 4.69. The molecule has 0 N–H and O–H groups in total. The highest BCUT2D eigenvalue weighted by Gasteiger charge is 2.33. The van der Waals surface area contributed by atoms with Crippen LogP contribution >= 0.6 is 11.8 Å². The van der Waals surface area contributed by atoms with Gasteiger partial charge in [0.2, 0.25) is 0 Å². The Kier molecular flexibility index (Phi) is 5.58. The molecular weight excluding hydrogens is 236 g/mol. The van der Waals surface area contributed by atoms with E-state index < -0.39 is 24.3 Å². The zero-order valence-corrected chi connectivity index (χ0v) is 9.95. The molecule has 0 spiro atoms. The van der Waals surface area contributed by atoms with Crippen LogP contribution in [0, 0.1) is 0 Å². The molecule has 1 heterocycles. The summed E-state index contributed by atoms with van der Waals surface area (Å²) in [7, 11) is 2.36. The second kappa shape index (κ2) is 6.72. The normalized spacial score (nSPS) is 20.6. The summed E-state index contributed by atoms with van der Waals surface area (Å²) in [5, 5.41) is 0. The van der Waals surface area contributed by atoms with Crippen molar-refractivity contribution in [1.82, 2.24) is 0 Å². The molecule has 1 aliphatic rings. The van der Waals surface area contributed by atoms with E-state index in [1.165, 1.54) is 14.2 Å². The van der Waals surface area contributed by atoms with E-state index in [0.29, 0.717) is 12.4 Å². The van der Waals surface area contributed by atoms with Crippen LogP contribution in [0.5, 0.6) is 0 Å². The molecule has 1 aliphatic heterocycles. The first kappa shape index (κ1) is 13.3. The molecule has 0 bridgehead atoms. The number of hydrogen-bond donors (Lipinski definition) is 0. The Morgan fingerprint density at radius 1 is 1.31 bits per heavy atom. The summed E-state index contributed by atoms with van der Waals surface area (Å²) in [6.45, 7) is 0.532. The van der Waals surface area contributed by atoms with Crippen LogP contribution in [0.4, 0.5) is 0 Å². The molecule has 0 aromatic heterocycles.